The van der Waals surface area contributed by atoms with E-state index in [2.05, 4.69) is 22.5 Å². The van der Waals surface area contributed by atoms with Gasteiger partial charge in [0.15, 0.2) is 11.5 Å². The SMILES string of the molecule is C=CCc1ccc(OCCCCn2c(CCNC(=O)c3ccc(F)cc3)nc3ccccc32)c(OC)c1. The Labute approximate surface area is 216 Å². The minimum absolute atomic E-state index is 0.229. The minimum Gasteiger partial charge on any atom is -0.493 e. The predicted molar refractivity (Wildman–Crippen MR) is 144 cm³/mol. The molecule has 0 saturated heterocycles. The number of imidazole rings is 1. The van der Waals surface area contributed by atoms with Gasteiger partial charge in [0, 0.05) is 25.1 Å². The second-order valence-corrected chi connectivity index (χ2v) is 8.71. The van der Waals surface area contributed by atoms with Crippen LogP contribution >= 0.6 is 0 Å². The van der Waals surface area contributed by atoms with Crippen molar-refractivity contribution in [3.05, 3.63) is 102 Å². The molecule has 0 aliphatic rings. The Morgan fingerprint density at radius 2 is 1.89 bits per heavy atom. The number of hydrogen-bond acceptors (Lipinski definition) is 4. The lowest BCUT2D eigenvalue weighted by Crippen LogP contribution is -2.26. The molecule has 4 aromatic rings. The van der Waals surface area contributed by atoms with Crippen LogP contribution in [0.1, 0.15) is 34.6 Å². The smallest absolute Gasteiger partial charge is 0.251 e. The van der Waals surface area contributed by atoms with Gasteiger partial charge >= 0.3 is 0 Å². The standard InChI is InChI=1S/C30H32FN3O3/c1-3-8-22-11-16-27(28(21-22)36-2)37-20-7-6-19-34-26-10-5-4-9-25(26)33-29(34)17-18-32-30(35)23-12-14-24(31)15-13-23/h3-5,9-16,21H,1,6-8,17-20H2,2H3,(H,32,35). The van der Waals surface area contributed by atoms with Crippen LogP contribution in [0.2, 0.25) is 0 Å². The lowest BCUT2D eigenvalue weighted by atomic mass is 10.1. The van der Waals surface area contributed by atoms with Crippen molar-refractivity contribution in [3.63, 3.8) is 0 Å². The fraction of sp³-hybridized carbons (Fsp3) is 0.267. The molecule has 0 bridgehead atoms. The van der Waals surface area contributed by atoms with Crippen LogP contribution in [-0.2, 0) is 19.4 Å². The summed E-state index contributed by atoms with van der Waals surface area (Å²) in [7, 11) is 1.65. The largest absolute Gasteiger partial charge is 0.493 e. The third kappa shape index (κ3) is 6.76. The third-order valence-electron chi connectivity index (χ3n) is 6.12. The van der Waals surface area contributed by atoms with E-state index in [1.807, 2.05) is 42.5 Å². The zero-order valence-electron chi connectivity index (χ0n) is 21.1. The average molecular weight is 502 g/mol. The fourth-order valence-corrected chi connectivity index (χ4v) is 4.24. The van der Waals surface area contributed by atoms with E-state index in [9.17, 15) is 9.18 Å². The first-order valence-electron chi connectivity index (χ1n) is 12.5. The van der Waals surface area contributed by atoms with Crippen molar-refractivity contribution in [2.75, 3.05) is 20.3 Å². The van der Waals surface area contributed by atoms with Crippen LogP contribution in [-0.4, -0.2) is 35.7 Å². The number of hydrogen-bond donors (Lipinski definition) is 1. The summed E-state index contributed by atoms with van der Waals surface area (Å²) in [6, 6.07) is 19.5. The molecule has 0 radical (unpaired) electrons. The van der Waals surface area contributed by atoms with Crippen molar-refractivity contribution in [1.82, 2.24) is 14.9 Å². The number of aryl methyl sites for hydroxylation is 1. The molecule has 192 valence electrons. The normalized spacial score (nSPS) is 10.9. The highest BCUT2D eigenvalue weighted by atomic mass is 19.1. The van der Waals surface area contributed by atoms with E-state index >= 15 is 0 Å². The summed E-state index contributed by atoms with van der Waals surface area (Å²) >= 11 is 0. The molecule has 0 aliphatic heterocycles. The summed E-state index contributed by atoms with van der Waals surface area (Å²) in [5, 5.41) is 2.90. The van der Waals surface area contributed by atoms with Gasteiger partial charge in [-0.25, -0.2) is 9.37 Å². The van der Waals surface area contributed by atoms with Gasteiger partial charge in [-0.2, -0.15) is 0 Å². The Hall–Kier alpha value is -4.13. The van der Waals surface area contributed by atoms with Gasteiger partial charge in [0.2, 0.25) is 0 Å². The maximum Gasteiger partial charge on any atom is 0.251 e. The number of para-hydroxylation sites is 2. The second kappa shape index (κ2) is 12.7. The Kier molecular flexibility index (Phi) is 8.92. The van der Waals surface area contributed by atoms with Gasteiger partial charge in [-0.15, -0.1) is 6.58 Å². The quantitative estimate of drug-likeness (QED) is 0.187. The summed E-state index contributed by atoms with van der Waals surface area (Å²) < 4.78 is 26.8. The number of methoxy groups -OCH3 is 1. The topological polar surface area (TPSA) is 65.4 Å². The molecule has 3 aromatic carbocycles. The van der Waals surface area contributed by atoms with E-state index in [-0.39, 0.29) is 11.7 Å². The summed E-state index contributed by atoms with van der Waals surface area (Å²) in [5.41, 5.74) is 3.57. The van der Waals surface area contributed by atoms with E-state index in [0.717, 1.165) is 59.7 Å². The molecule has 0 atom stereocenters. The van der Waals surface area contributed by atoms with Gasteiger partial charge in [0.05, 0.1) is 24.8 Å². The van der Waals surface area contributed by atoms with Crippen molar-refractivity contribution in [3.8, 4) is 11.5 Å². The summed E-state index contributed by atoms with van der Waals surface area (Å²) in [4.78, 5) is 17.2. The average Bonchev–Trinajstić information content (AvgIpc) is 3.26. The molecule has 1 amide bonds. The number of rotatable bonds is 13. The molecule has 1 aromatic heterocycles. The number of nitrogens with zero attached hydrogens (tertiary/aromatic N) is 2. The number of halogens is 1. The van der Waals surface area contributed by atoms with Gasteiger partial charge in [-0.05, 0) is 73.4 Å². The van der Waals surface area contributed by atoms with E-state index in [1.54, 1.807) is 7.11 Å². The van der Waals surface area contributed by atoms with Crippen molar-refractivity contribution >= 4 is 16.9 Å². The Morgan fingerprint density at radius 3 is 2.68 bits per heavy atom. The lowest BCUT2D eigenvalue weighted by Gasteiger charge is -2.13. The summed E-state index contributed by atoms with van der Waals surface area (Å²) in [6.07, 6.45) is 5.01. The zero-order valence-corrected chi connectivity index (χ0v) is 21.1. The van der Waals surface area contributed by atoms with Gasteiger partial charge in [0.25, 0.3) is 5.91 Å². The Balaban J connectivity index is 1.32. The minimum atomic E-state index is -0.365. The number of fused-ring (bicyclic) bond motifs is 1. The predicted octanol–water partition coefficient (Wildman–Crippen LogP) is 5.74. The van der Waals surface area contributed by atoms with E-state index in [0.29, 0.717) is 25.1 Å². The second-order valence-electron chi connectivity index (χ2n) is 8.71. The number of unbranched alkanes of at least 4 members (excludes halogenated alkanes) is 1. The van der Waals surface area contributed by atoms with Crippen molar-refractivity contribution in [1.29, 1.82) is 0 Å². The van der Waals surface area contributed by atoms with Crippen molar-refractivity contribution < 1.29 is 18.7 Å². The fourth-order valence-electron chi connectivity index (χ4n) is 4.24. The molecule has 0 spiro atoms. The van der Waals surface area contributed by atoms with Crippen LogP contribution < -0.4 is 14.8 Å². The maximum absolute atomic E-state index is 13.1. The van der Waals surface area contributed by atoms with Crippen molar-refractivity contribution in [2.24, 2.45) is 0 Å². The highest BCUT2D eigenvalue weighted by Crippen LogP contribution is 2.28. The number of nitrogens with one attached hydrogen (secondary N) is 1. The number of allylic oxidation sites excluding steroid dienone is 1. The zero-order chi connectivity index (χ0) is 26.0. The highest BCUT2D eigenvalue weighted by molar-refractivity contribution is 5.94. The molecular weight excluding hydrogens is 469 g/mol. The van der Waals surface area contributed by atoms with Crippen LogP contribution in [0.25, 0.3) is 11.0 Å². The van der Waals surface area contributed by atoms with Crippen LogP contribution in [0.4, 0.5) is 4.39 Å². The lowest BCUT2D eigenvalue weighted by molar-refractivity contribution is 0.0954. The summed E-state index contributed by atoms with van der Waals surface area (Å²) in [5.74, 6) is 1.79. The van der Waals surface area contributed by atoms with Gasteiger partial charge in [-0.3, -0.25) is 4.79 Å². The number of ether oxygens (including phenoxy) is 2. The van der Waals surface area contributed by atoms with E-state index in [4.69, 9.17) is 14.5 Å². The molecule has 1 heterocycles. The number of aromatic nitrogens is 2. The number of carbonyl (C=O) groups excluding carboxylic acids is 1. The monoisotopic (exact) mass is 501 g/mol. The van der Waals surface area contributed by atoms with Gasteiger partial charge in [0.1, 0.15) is 11.6 Å². The Bertz CT molecular complexity index is 1350. The molecule has 6 nitrogen and oxygen atoms in total. The highest BCUT2D eigenvalue weighted by Gasteiger charge is 2.12. The Morgan fingerprint density at radius 1 is 1.08 bits per heavy atom. The maximum atomic E-state index is 13.1. The first-order chi connectivity index (χ1) is 18.1. The first kappa shape index (κ1) is 25.9. The van der Waals surface area contributed by atoms with E-state index in [1.165, 1.54) is 24.3 Å². The molecule has 37 heavy (non-hydrogen) atoms. The molecule has 0 aliphatic carbocycles. The molecule has 7 heteroatoms. The molecular formula is C30H32FN3O3. The van der Waals surface area contributed by atoms with Crippen LogP contribution in [0.15, 0.2) is 79.4 Å². The van der Waals surface area contributed by atoms with E-state index < -0.39 is 0 Å². The summed E-state index contributed by atoms with van der Waals surface area (Å²) in [6.45, 7) is 5.58. The molecule has 4 rings (SSSR count). The number of amides is 1. The first-order valence-corrected chi connectivity index (χ1v) is 12.5. The van der Waals surface area contributed by atoms with Crippen LogP contribution in [0, 0.1) is 5.82 Å². The van der Waals surface area contributed by atoms with Crippen molar-refractivity contribution in [2.45, 2.75) is 32.2 Å². The van der Waals surface area contributed by atoms with Crippen LogP contribution in [0.3, 0.4) is 0 Å². The molecule has 1 N–H and O–H groups in total. The van der Waals surface area contributed by atoms with Crippen LogP contribution in [0.5, 0.6) is 11.5 Å². The molecule has 0 unspecified atom stereocenters. The van der Waals surface area contributed by atoms with Gasteiger partial charge in [-0.1, -0.05) is 24.3 Å². The number of benzene rings is 3. The molecule has 0 saturated carbocycles. The number of carbonyl (C=O) groups is 1. The van der Waals surface area contributed by atoms with Gasteiger partial charge < -0.3 is 19.4 Å². The third-order valence-corrected chi connectivity index (χ3v) is 6.12. The molecule has 0 fully saturated rings.